The maximum Gasteiger partial charge on any atom is 0.417 e. The lowest BCUT2D eigenvalue weighted by atomic mass is 9.93. The largest absolute Gasteiger partial charge is 0.417 e. The first kappa shape index (κ1) is 16.2. The van der Waals surface area contributed by atoms with Gasteiger partial charge in [0.2, 0.25) is 17.7 Å². The Labute approximate surface area is 115 Å². The standard InChI is InChI=1S/C10H14FN3O5S/c11-20(18,19)13-4-3-9(16)14-5-1-2-7(10(14)17)6-8(12)15/h4,7H,1-3,5-6H2,(H2,12,15). The van der Waals surface area contributed by atoms with E-state index < -0.39 is 40.5 Å². The molecule has 1 heterocycles. The second-order valence-electron chi connectivity index (χ2n) is 4.30. The van der Waals surface area contributed by atoms with E-state index in [0.717, 1.165) is 4.90 Å². The summed E-state index contributed by atoms with van der Waals surface area (Å²) in [4.78, 5) is 35.3. The molecule has 1 aliphatic heterocycles. The Morgan fingerprint density at radius 3 is 2.70 bits per heavy atom. The van der Waals surface area contributed by atoms with Crippen molar-refractivity contribution in [1.82, 2.24) is 4.90 Å². The highest BCUT2D eigenvalue weighted by Crippen LogP contribution is 2.21. The van der Waals surface area contributed by atoms with E-state index >= 15 is 0 Å². The zero-order valence-electron chi connectivity index (χ0n) is 10.5. The Hall–Kier alpha value is -1.84. The van der Waals surface area contributed by atoms with Crippen molar-refractivity contribution in [2.45, 2.75) is 25.7 Å². The molecule has 0 aromatic rings. The number of hydrogen-bond acceptors (Lipinski definition) is 5. The van der Waals surface area contributed by atoms with Crippen molar-refractivity contribution >= 4 is 34.3 Å². The van der Waals surface area contributed by atoms with Gasteiger partial charge in [-0.3, -0.25) is 19.3 Å². The molecule has 2 N–H and O–H groups in total. The van der Waals surface area contributed by atoms with Crippen molar-refractivity contribution < 1.29 is 26.7 Å². The van der Waals surface area contributed by atoms with Crippen molar-refractivity contribution in [1.29, 1.82) is 0 Å². The summed E-state index contributed by atoms with van der Waals surface area (Å²) in [7, 11) is -5.04. The van der Waals surface area contributed by atoms with Crippen LogP contribution in [0.2, 0.25) is 0 Å². The lowest BCUT2D eigenvalue weighted by molar-refractivity contribution is -0.150. The van der Waals surface area contributed by atoms with Gasteiger partial charge in [-0.2, -0.15) is 8.42 Å². The monoisotopic (exact) mass is 307 g/mol. The molecular formula is C10H14FN3O5S. The summed E-state index contributed by atoms with van der Waals surface area (Å²) in [6, 6.07) is 0. The van der Waals surface area contributed by atoms with Crippen molar-refractivity contribution in [3.05, 3.63) is 0 Å². The van der Waals surface area contributed by atoms with E-state index in [4.69, 9.17) is 5.73 Å². The molecule has 1 unspecified atom stereocenters. The van der Waals surface area contributed by atoms with Gasteiger partial charge in [-0.25, -0.2) is 0 Å². The summed E-state index contributed by atoms with van der Waals surface area (Å²) >= 11 is 0. The summed E-state index contributed by atoms with van der Waals surface area (Å²) in [5.41, 5.74) is 5.01. The summed E-state index contributed by atoms with van der Waals surface area (Å²) in [5.74, 6) is -2.51. The summed E-state index contributed by atoms with van der Waals surface area (Å²) in [5, 5.41) is 0. The maximum absolute atomic E-state index is 12.1. The molecule has 8 nitrogen and oxygen atoms in total. The van der Waals surface area contributed by atoms with Crippen LogP contribution in [0.1, 0.15) is 25.7 Å². The van der Waals surface area contributed by atoms with Gasteiger partial charge in [0.25, 0.3) is 0 Å². The van der Waals surface area contributed by atoms with Gasteiger partial charge >= 0.3 is 10.4 Å². The molecule has 0 aliphatic carbocycles. The summed E-state index contributed by atoms with van der Waals surface area (Å²) in [6.07, 6.45) is 0.906. The van der Waals surface area contributed by atoms with Gasteiger partial charge in [-0.05, 0) is 12.8 Å². The summed E-state index contributed by atoms with van der Waals surface area (Å²) < 4.78 is 34.9. The third-order valence-electron chi connectivity index (χ3n) is 2.76. The van der Waals surface area contributed by atoms with Gasteiger partial charge in [0, 0.05) is 25.1 Å². The Kier molecular flexibility index (Phi) is 5.31. The highest BCUT2D eigenvalue weighted by Gasteiger charge is 2.32. The van der Waals surface area contributed by atoms with E-state index in [1.165, 1.54) is 0 Å². The first-order valence-electron chi connectivity index (χ1n) is 5.81. The average molecular weight is 307 g/mol. The van der Waals surface area contributed by atoms with Crippen LogP contribution in [0, 0.1) is 5.92 Å². The minimum atomic E-state index is -5.04. The van der Waals surface area contributed by atoms with Crippen LogP contribution in [0.4, 0.5) is 3.89 Å². The van der Waals surface area contributed by atoms with E-state index in [9.17, 15) is 26.7 Å². The molecule has 0 aromatic heterocycles. The number of hydrogen-bond donors (Lipinski definition) is 1. The number of piperidine rings is 1. The highest BCUT2D eigenvalue weighted by molar-refractivity contribution is 7.85. The van der Waals surface area contributed by atoms with Gasteiger partial charge in [-0.1, -0.05) is 3.89 Å². The molecule has 3 amide bonds. The molecule has 1 rings (SSSR count). The number of rotatable bonds is 5. The Bertz CT molecular complexity index is 545. The first-order chi connectivity index (χ1) is 9.20. The molecule has 1 atom stereocenters. The Morgan fingerprint density at radius 1 is 1.50 bits per heavy atom. The van der Waals surface area contributed by atoms with Crippen molar-refractivity contribution in [3.8, 4) is 0 Å². The molecule has 0 saturated carbocycles. The Balaban J connectivity index is 2.65. The third-order valence-corrected chi connectivity index (χ3v) is 3.17. The second kappa shape index (κ2) is 6.55. The molecule has 1 saturated heterocycles. The van der Waals surface area contributed by atoms with Crippen molar-refractivity contribution in [2.75, 3.05) is 6.54 Å². The van der Waals surface area contributed by atoms with Crippen LogP contribution in [0.3, 0.4) is 0 Å². The number of carbonyl (C=O) groups is 3. The van der Waals surface area contributed by atoms with Gasteiger partial charge in [0.15, 0.2) is 0 Å². The third kappa shape index (κ3) is 5.03. The van der Waals surface area contributed by atoms with E-state index in [2.05, 4.69) is 4.40 Å². The minimum Gasteiger partial charge on any atom is -0.370 e. The van der Waals surface area contributed by atoms with Gasteiger partial charge < -0.3 is 5.73 Å². The maximum atomic E-state index is 12.1. The SMILES string of the molecule is NC(=O)CC1CCCN(C(=O)CC=NS(=O)(=O)F)C1=O. The highest BCUT2D eigenvalue weighted by atomic mass is 32.3. The average Bonchev–Trinajstić information content (AvgIpc) is 2.29. The predicted molar refractivity (Wildman–Crippen MR) is 66.4 cm³/mol. The molecule has 10 heteroatoms. The fraction of sp³-hybridized carbons (Fsp3) is 0.600. The van der Waals surface area contributed by atoms with E-state index in [1.807, 2.05) is 0 Å². The molecule has 0 aromatic carbocycles. The molecule has 1 fully saturated rings. The van der Waals surface area contributed by atoms with E-state index in [1.54, 1.807) is 0 Å². The number of imide groups is 1. The zero-order valence-corrected chi connectivity index (χ0v) is 11.3. The zero-order chi connectivity index (χ0) is 15.3. The normalized spacial score (nSPS) is 20.4. The van der Waals surface area contributed by atoms with Crippen LogP contribution >= 0.6 is 0 Å². The Morgan fingerprint density at radius 2 is 2.15 bits per heavy atom. The van der Waals surface area contributed by atoms with Gasteiger partial charge in [-0.15, -0.1) is 4.40 Å². The molecule has 1 aliphatic rings. The number of halogens is 1. The lowest BCUT2D eigenvalue weighted by Crippen LogP contribution is -2.45. The number of primary amides is 1. The number of nitrogens with zero attached hydrogens (tertiary/aromatic N) is 2. The quantitative estimate of drug-likeness (QED) is 0.531. The fourth-order valence-corrected chi connectivity index (χ4v) is 2.20. The second-order valence-corrected chi connectivity index (χ2v) is 5.33. The number of amides is 3. The van der Waals surface area contributed by atoms with Crippen LogP contribution in [-0.4, -0.2) is 43.8 Å². The van der Waals surface area contributed by atoms with Crippen LogP contribution in [0.5, 0.6) is 0 Å². The number of nitrogens with two attached hydrogens (primary N) is 1. The van der Waals surface area contributed by atoms with Crippen molar-refractivity contribution in [3.63, 3.8) is 0 Å². The molecular weight excluding hydrogens is 293 g/mol. The molecule has 0 spiro atoms. The molecule has 112 valence electrons. The summed E-state index contributed by atoms with van der Waals surface area (Å²) in [6.45, 7) is 0.170. The molecule has 20 heavy (non-hydrogen) atoms. The van der Waals surface area contributed by atoms with Crippen molar-refractivity contribution in [2.24, 2.45) is 16.0 Å². The van der Waals surface area contributed by atoms with E-state index in [-0.39, 0.29) is 13.0 Å². The fourth-order valence-electron chi connectivity index (χ4n) is 1.94. The van der Waals surface area contributed by atoms with Crippen LogP contribution in [0.25, 0.3) is 0 Å². The van der Waals surface area contributed by atoms with Gasteiger partial charge in [0.05, 0.1) is 6.42 Å². The first-order valence-corrected chi connectivity index (χ1v) is 7.15. The smallest absolute Gasteiger partial charge is 0.370 e. The van der Waals surface area contributed by atoms with E-state index in [0.29, 0.717) is 19.1 Å². The molecule has 0 radical (unpaired) electrons. The van der Waals surface area contributed by atoms with Gasteiger partial charge in [0.1, 0.15) is 0 Å². The lowest BCUT2D eigenvalue weighted by Gasteiger charge is -2.29. The minimum absolute atomic E-state index is 0.143. The topological polar surface area (TPSA) is 127 Å². The molecule has 0 bridgehead atoms. The van der Waals surface area contributed by atoms with Crippen LogP contribution in [0.15, 0.2) is 4.40 Å². The number of carbonyl (C=O) groups excluding carboxylic acids is 3. The number of likely N-dealkylation sites (tertiary alicyclic amines) is 1. The van der Waals surface area contributed by atoms with Crippen LogP contribution in [-0.2, 0) is 24.8 Å². The van der Waals surface area contributed by atoms with Crippen LogP contribution < -0.4 is 5.73 Å². The predicted octanol–water partition coefficient (Wildman–Crippen LogP) is -0.698.